The first-order valence-electron chi connectivity index (χ1n) is 5.98. The molecule has 0 aromatic heterocycles. The average molecular weight is 253 g/mol. The van der Waals surface area contributed by atoms with Crippen molar-refractivity contribution in [3.05, 3.63) is 24.0 Å². The number of aliphatic imine (C=N–C) groups is 1. The van der Waals surface area contributed by atoms with E-state index >= 15 is 4.39 Å². The summed E-state index contributed by atoms with van der Waals surface area (Å²) in [5.41, 5.74) is -1.75. The van der Waals surface area contributed by atoms with Gasteiger partial charge in [0.2, 0.25) is 11.7 Å². The van der Waals surface area contributed by atoms with Gasteiger partial charge in [0.25, 0.3) is 0 Å². The molecule has 18 heavy (non-hydrogen) atoms. The lowest BCUT2D eigenvalue weighted by Crippen LogP contribution is -2.45. The first kappa shape index (κ1) is 13.0. The van der Waals surface area contributed by atoms with E-state index < -0.39 is 11.8 Å². The molecular formula is C13H16FNO3. The molecule has 0 radical (unpaired) electrons. The smallest absolute Gasteiger partial charge is 0.235 e. The van der Waals surface area contributed by atoms with Crippen molar-refractivity contribution in [2.75, 3.05) is 13.7 Å². The molecule has 0 saturated heterocycles. The molecule has 0 aromatic rings. The summed E-state index contributed by atoms with van der Waals surface area (Å²) >= 11 is 0. The van der Waals surface area contributed by atoms with Gasteiger partial charge in [-0.25, -0.2) is 14.2 Å². The Morgan fingerprint density at radius 3 is 3.06 bits per heavy atom. The summed E-state index contributed by atoms with van der Waals surface area (Å²) in [4.78, 5) is 13.8. The van der Waals surface area contributed by atoms with Crippen molar-refractivity contribution in [3.63, 3.8) is 0 Å². The molecule has 98 valence electrons. The summed E-state index contributed by atoms with van der Waals surface area (Å²) in [6, 6.07) is -0.319. The molecule has 0 heterocycles. The van der Waals surface area contributed by atoms with E-state index in [9.17, 15) is 4.79 Å². The van der Waals surface area contributed by atoms with Crippen molar-refractivity contribution in [1.82, 2.24) is 0 Å². The highest BCUT2D eigenvalue weighted by molar-refractivity contribution is 5.38. The minimum absolute atomic E-state index is 0.233. The average Bonchev–Trinajstić information content (AvgIpc) is 3.12. The van der Waals surface area contributed by atoms with Gasteiger partial charge in [-0.2, -0.15) is 0 Å². The normalized spacial score (nSPS) is 37.7. The zero-order chi connectivity index (χ0) is 13.2. The van der Waals surface area contributed by atoms with Crippen LogP contribution in [-0.4, -0.2) is 37.6 Å². The van der Waals surface area contributed by atoms with Crippen molar-refractivity contribution in [1.29, 1.82) is 0 Å². The molecule has 0 bridgehead atoms. The fraction of sp³-hybridized carbons (Fsp3) is 0.615. The molecule has 5 heteroatoms. The maximum Gasteiger partial charge on any atom is 0.235 e. The number of halogens is 1. The van der Waals surface area contributed by atoms with Crippen molar-refractivity contribution in [2.45, 2.75) is 31.2 Å². The van der Waals surface area contributed by atoms with Crippen molar-refractivity contribution in [2.24, 2.45) is 10.9 Å². The number of carbonyl (C=O) groups excluding carboxylic acids is 1. The van der Waals surface area contributed by atoms with E-state index in [1.165, 1.54) is 13.2 Å². The van der Waals surface area contributed by atoms with Crippen LogP contribution in [0.4, 0.5) is 4.39 Å². The number of rotatable bonds is 5. The second-order valence-electron chi connectivity index (χ2n) is 4.39. The molecule has 4 unspecified atom stereocenters. The lowest BCUT2D eigenvalue weighted by Gasteiger charge is -2.35. The Morgan fingerprint density at radius 2 is 2.44 bits per heavy atom. The van der Waals surface area contributed by atoms with E-state index in [1.54, 1.807) is 18.2 Å². The third-order valence-corrected chi connectivity index (χ3v) is 3.41. The molecule has 0 aromatic carbocycles. The molecule has 4 atom stereocenters. The predicted molar refractivity (Wildman–Crippen MR) is 63.5 cm³/mol. The Balaban J connectivity index is 2.26. The second-order valence-corrected chi connectivity index (χ2v) is 4.39. The summed E-state index contributed by atoms with van der Waals surface area (Å²) in [6.07, 6.45) is 6.29. The Hall–Kier alpha value is -1.45. The third kappa shape index (κ3) is 2.00. The SMILES string of the molecule is CCOC1C=CC=C(OC)C1(F)C1CC1N=C=O. The number of nitrogens with zero attached hydrogens (tertiary/aromatic N) is 1. The van der Waals surface area contributed by atoms with Crippen LogP contribution in [0.5, 0.6) is 0 Å². The number of alkyl halides is 1. The van der Waals surface area contributed by atoms with Gasteiger partial charge in [0.05, 0.1) is 13.2 Å². The van der Waals surface area contributed by atoms with E-state index in [4.69, 9.17) is 9.47 Å². The van der Waals surface area contributed by atoms with Gasteiger partial charge in [0.15, 0.2) is 0 Å². The Bertz CT molecular complexity index is 428. The summed E-state index contributed by atoms with van der Waals surface area (Å²) in [7, 11) is 1.43. The predicted octanol–water partition coefficient (Wildman–Crippen LogP) is 1.92. The van der Waals surface area contributed by atoms with Gasteiger partial charge in [-0.1, -0.05) is 12.2 Å². The van der Waals surface area contributed by atoms with Crippen LogP contribution in [0.25, 0.3) is 0 Å². The zero-order valence-corrected chi connectivity index (χ0v) is 10.4. The van der Waals surface area contributed by atoms with Crippen LogP contribution in [0.15, 0.2) is 29.0 Å². The summed E-state index contributed by atoms with van der Waals surface area (Å²) in [5.74, 6) is -0.149. The molecule has 0 N–H and O–H groups in total. The van der Waals surface area contributed by atoms with E-state index in [2.05, 4.69) is 4.99 Å². The number of allylic oxidation sites excluding steroid dienone is 2. The molecule has 0 amide bonds. The minimum Gasteiger partial charge on any atom is -0.498 e. The number of methoxy groups -OCH3 is 1. The first-order chi connectivity index (χ1) is 8.68. The monoisotopic (exact) mass is 253 g/mol. The van der Waals surface area contributed by atoms with E-state index in [0.717, 1.165) is 0 Å². The number of hydrogen-bond donors (Lipinski definition) is 0. The molecule has 1 saturated carbocycles. The highest BCUT2D eigenvalue weighted by Gasteiger charge is 2.61. The molecule has 1 fully saturated rings. The van der Waals surface area contributed by atoms with Gasteiger partial charge < -0.3 is 9.47 Å². The van der Waals surface area contributed by atoms with E-state index in [0.29, 0.717) is 13.0 Å². The lowest BCUT2D eigenvalue weighted by molar-refractivity contribution is -0.0488. The molecule has 2 aliphatic carbocycles. The van der Waals surface area contributed by atoms with Crippen LogP contribution in [0.1, 0.15) is 13.3 Å². The largest absolute Gasteiger partial charge is 0.498 e. The minimum atomic E-state index is -1.75. The fourth-order valence-electron chi connectivity index (χ4n) is 2.47. The molecule has 0 aliphatic heterocycles. The van der Waals surface area contributed by atoms with Crippen molar-refractivity contribution < 1.29 is 18.7 Å². The Kier molecular flexibility index (Phi) is 3.64. The van der Waals surface area contributed by atoms with Gasteiger partial charge in [0, 0.05) is 12.5 Å². The maximum absolute atomic E-state index is 15.3. The van der Waals surface area contributed by atoms with Crippen LogP contribution in [0, 0.1) is 5.92 Å². The highest BCUT2D eigenvalue weighted by Crippen LogP contribution is 2.52. The molecule has 4 nitrogen and oxygen atoms in total. The molecule has 2 rings (SSSR count). The summed E-state index contributed by atoms with van der Waals surface area (Å²) < 4.78 is 25.8. The van der Waals surface area contributed by atoms with E-state index in [1.807, 2.05) is 6.92 Å². The third-order valence-electron chi connectivity index (χ3n) is 3.41. The quantitative estimate of drug-likeness (QED) is 0.555. The van der Waals surface area contributed by atoms with Crippen molar-refractivity contribution >= 4 is 6.08 Å². The summed E-state index contributed by atoms with van der Waals surface area (Å²) in [5, 5.41) is 0. The van der Waals surface area contributed by atoms with Crippen LogP contribution in [0.3, 0.4) is 0 Å². The fourth-order valence-corrected chi connectivity index (χ4v) is 2.47. The van der Waals surface area contributed by atoms with Gasteiger partial charge >= 0.3 is 0 Å². The lowest BCUT2D eigenvalue weighted by atomic mass is 9.86. The van der Waals surface area contributed by atoms with Crippen LogP contribution in [0.2, 0.25) is 0 Å². The highest BCUT2D eigenvalue weighted by atomic mass is 19.1. The van der Waals surface area contributed by atoms with Gasteiger partial charge in [0.1, 0.15) is 11.9 Å². The number of isocyanates is 1. The Labute approximate surface area is 105 Å². The standard InChI is InChI=1S/C13H16FNO3/c1-3-18-12-6-4-5-11(17-2)13(12,14)9-7-10(9)15-8-16/h4-6,9-10,12H,3,7H2,1-2H3. The second kappa shape index (κ2) is 5.04. The first-order valence-corrected chi connectivity index (χ1v) is 5.98. The molecule has 0 spiro atoms. The zero-order valence-electron chi connectivity index (χ0n) is 10.4. The maximum atomic E-state index is 15.3. The number of hydrogen-bond acceptors (Lipinski definition) is 4. The number of ether oxygens (including phenoxy) is 2. The van der Waals surface area contributed by atoms with Crippen LogP contribution in [-0.2, 0) is 14.3 Å². The van der Waals surface area contributed by atoms with Crippen molar-refractivity contribution in [3.8, 4) is 0 Å². The molecule has 2 aliphatic rings. The van der Waals surface area contributed by atoms with Gasteiger partial charge in [-0.05, 0) is 19.4 Å². The van der Waals surface area contributed by atoms with E-state index in [-0.39, 0.29) is 17.7 Å². The molecular weight excluding hydrogens is 237 g/mol. The van der Waals surface area contributed by atoms with Crippen LogP contribution >= 0.6 is 0 Å². The van der Waals surface area contributed by atoms with Crippen LogP contribution < -0.4 is 0 Å². The Morgan fingerprint density at radius 1 is 1.67 bits per heavy atom. The van der Waals surface area contributed by atoms with Gasteiger partial charge in [-0.3, -0.25) is 0 Å². The topological polar surface area (TPSA) is 47.9 Å². The van der Waals surface area contributed by atoms with Gasteiger partial charge in [-0.15, -0.1) is 0 Å². The summed E-state index contributed by atoms with van der Waals surface area (Å²) in [6.45, 7) is 2.22.